The Morgan fingerprint density at radius 1 is 1.32 bits per heavy atom. The van der Waals surface area contributed by atoms with E-state index in [0.29, 0.717) is 6.54 Å². The molecule has 2 rings (SSSR count). The van der Waals surface area contributed by atoms with E-state index in [0.717, 1.165) is 24.9 Å². The van der Waals surface area contributed by atoms with Crippen molar-refractivity contribution in [1.29, 1.82) is 0 Å². The second-order valence-corrected chi connectivity index (χ2v) is 6.48. The predicted molar refractivity (Wildman–Crippen MR) is 78.1 cm³/mol. The summed E-state index contributed by atoms with van der Waals surface area (Å²) < 4.78 is 0. The molecular formula is C16H24N2O. The van der Waals surface area contributed by atoms with Crippen LogP contribution in [0.3, 0.4) is 0 Å². The van der Waals surface area contributed by atoms with E-state index in [1.807, 2.05) is 23.1 Å². The molecule has 0 aliphatic carbocycles. The monoisotopic (exact) mass is 260 g/mol. The third-order valence-corrected chi connectivity index (χ3v) is 3.94. The molecule has 19 heavy (non-hydrogen) atoms. The van der Waals surface area contributed by atoms with Crippen LogP contribution in [0.4, 0.5) is 0 Å². The molecule has 0 saturated carbocycles. The minimum atomic E-state index is 0.00159. The quantitative estimate of drug-likeness (QED) is 0.888. The largest absolute Gasteiger partial charge is 0.337 e. The Bertz CT molecular complexity index is 462. The molecule has 0 aromatic heterocycles. The second-order valence-electron chi connectivity index (χ2n) is 6.48. The van der Waals surface area contributed by atoms with Gasteiger partial charge in [-0.1, -0.05) is 39.0 Å². The Morgan fingerprint density at radius 3 is 2.68 bits per heavy atom. The number of fused-ring (bicyclic) bond motifs is 1. The van der Waals surface area contributed by atoms with Crippen LogP contribution in [0, 0.1) is 5.41 Å². The molecule has 1 aliphatic heterocycles. The maximum Gasteiger partial charge on any atom is 0.254 e. The molecule has 0 radical (unpaired) electrons. The first-order valence-corrected chi connectivity index (χ1v) is 7.02. The number of benzene rings is 1. The molecule has 3 heteroatoms. The highest BCUT2D eigenvalue weighted by Gasteiger charge is 2.27. The summed E-state index contributed by atoms with van der Waals surface area (Å²) in [6.07, 6.45) is 1.99. The van der Waals surface area contributed by atoms with Crippen LogP contribution < -0.4 is 5.73 Å². The Hall–Kier alpha value is -1.35. The summed E-state index contributed by atoms with van der Waals surface area (Å²) in [7, 11) is 0. The minimum absolute atomic E-state index is 0.00159. The van der Waals surface area contributed by atoms with E-state index in [1.165, 1.54) is 5.56 Å². The van der Waals surface area contributed by atoms with Crippen LogP contribution in [0.1, 0.15) is 43.1 Å². The fourth-order valence-corrected chi connectivity index (χ4v) is 2.36. The van der Waals surface area contributed by atoms with Crippen molar-refractivity contribution in [2.24, 2.45) is 11.1 Å². The summed E-state index contributed by atoms with van der Waals surface area (Å²) in [6, 6.07) is 7.92. The van der Waals surface area contributed by atoms with E-state index in [-0.39, 0.29) is 17.4 Å². The summed E-state index contributed by atoms with van der Waals surface area (Å²) in [6.45, 7) is 7.80. The lowest BCUT2D eigenvalue weighted by Gasteiger charge is -2.32. The molecule has 1 aromatic carbocycles. The van der Waals surface area contributed by atoms with Crippen LogP contribution in [0.25, 0.3) is 0 Å². The SMILES string of the molecule is CC(C)(C)C(N)CN1CCCc2ccccc2C1=O. The predicted octanol–water partition coefficient (Wildman–Crippen LogP) is 2.45. The second kappa shape index (κ2) is 5.33. The molecule has 1 heterocycles. The molecule has 104 valence electrons. The molecule has 0 fully saturated rings. The molecule has 1 aromatic rings. The molecular weight excluding hydrogens is 236 g/mol. The highest BCUT2D eigenvalue weighted by molar-refractivity contribution is 5.96. The van der Waals surface area contributed by atoms with Crippen molar-refractivity contribution in [2.45, 2.75) is 39.7 Å². The summed E-state index contributed by atoms with van der Waals surface area (Å²) >= 11 is 0. The van der Waals surface area contributed by atoms with Crippen molar-refractivity contribution in [3.63, 3.8) is 0 Å². The molecule has 1 aliphatic rings. The van der Waals surface area contributed by atoms with Crippen LogP contribution in [-0.2, 0) is 6.42 Å². The molecule has 1 atom stereocenters. The number of nitrogens with zero attached hydrogens (tertiary/aromatic N) is 1. The van der Waals surface area contributed by atoms with Gasteiger partial charge < -0.3 is 10.6 Å². The highest BCUT2D eigenvalue weighted by atomic mass is 16.2. The van der Waals surface area contributed by atoms with Crippen molar-refractivity contribution in [2.75, 3.05) is 13.1 Å². The maximum atomic E-state index is 12.6. The van der Waals surface area contributed by atoms with E-state index < -0.39 is 0 Å². The van der Waals surface area contributed by atoms with Gasteiger partial charge >= 0.3 is 0 Å². The van der Waals surface area contributed by atoms with Gasteiger partial charge in [0.1, 0.15) is 0 Å². The summed E-state index contributed by atoms with van der Waals surface area (Å²) in [5.74, 6) is 0.132. The van der Waals surface area contributed by atoms with Gasteiger partial charge in [0.05, 0.1) is 0 Å². The minimum Gasteiger partial charge on any atom is -0.337 e. The van der Waals surface area contributed by atoms with Gasteiger partial charge in [0, 0.05) is 24.7 Å². The fourth-order valence-electron chi connectivity index (χ4n) is 2.36. The number of aryl methyl sites for hydroxylation is 1. The van der Waals surface area contributed by atoms with Crippen molar-refractivity contribution >= 4 is 5.91 Å². The van der Waals surface area contributed by atoms with Gasteiger partial charge in [0.15, 0.2) is 0 Å². The standard InChI is InChI=1S/C16H24N2O/c1-16(2,3)14(17)11-18-10-6-8-12-7-4-5-9-13(12)15(18)19/h4-5,7,9,14H,6,8,10-11,17H2,1-3H3. The van der Waals surface area contributed by atoms with Crippen LogP contribution in [0.2, 0.25) is 0 Å². The molecule has 3 nitrogen and oxygen atoms in total. The summed E-state index contributed by atoms with van der Waals surface area (Å²) in [4.78, 5) is 14.5. The van der Waals surface area contributed by atoms with Crippen molar-refractivity contribution in [1.82, 2.24) is 4.90 Å². The number of carbonyl (C=O) groups is 1. The Kier molecular flexibility index (Phi) is 3.95. The zero-order chi connectivity index (χ0) is 14.0. The lowest BCUT2D eigenvalue weighted by Crippen LogP contribution is -2.47. The number of rotatable bonds is 2. The van der Waals surface area contributed by atoms with Gasteiger partial charge in [-0.25, -0.2) is 0 Å². The Labute approximate surface area is 115 Å². The molecule has 2 N–H and O–H groups in total. The summed E-state index contributed by atoms with van der Waals surface area (Å²) in [5, 5.41) is 0. The van der Waals surface area contributed by atoms with Crippen LogP contribution in [-0.4, -0.2) is 29.9 Å². The smallest absolute Gasteiger partial charge is 0.254 e. The molecule has 1 amide bonds. The van der Waals surface area contributed by atoms with E-state index in [1.54, 1.807) is 0 Å². The number of carbonyl (C=O) groups excluding carboxylic acids is 1. The third kappa shape index (κ3) is 3.16. The van der Waals surface area contributed by atoms with Gasteiger partial charge in [-0.3, -0.25) is 4.79 Å². The van der Waals surface area contributed by atoms with E-state index >= 15 is 0 Å². The first-order chi connectivity index (χ1) is 8.89. The average Bonchev–Trinajstić information content (AvgIpc) is 2.50. The number of nitrogens with two attached hydrogens (primary N) is 1. The Morgan fingerprint density at radius 2 is 2.00 bits per heavy atom. The van der Waals surface area contributed by atoms with Crippen LogP contribution in [0.5, 0.6) is 0 Å². The van der Waals surface area contributed by atoms with Gasteiger partial charge in [0.2, 0.25) is 0 Å². The number of amides is 1. The first kappa shape index (κ1) is 14.1. The van der Waals surface area contributed by atoms with Gasteiger partial charge in [0.25, 0.3) is 5.91 Å². The van der Waals surface area contributed by atoms with Crippen LogP contribution >= 0.6 is 0 Å². The normalized spacial score (nSPS) is 17.9. The lowest BCUT2D eigenvalue weighted by molar-refractivity contribution is 0.0726. The topological polar surface area (TPSA) is 46.3 Å². The molecule has 0 spiro atoms. The first-order valence-electron chi connectivity index (χ1n) is 7.02. The zero-order valence-electron chi connectivity index (χ0n) is 12.1. The fraction of sp³-hybridized carbons (Fsp3) is 0.562. The van der Waals surface area contributed by atoms with Crippen molar-refractivity contribution < 1.29 is 4.79 Å². The van der Waals surface area contributed by atoms with Gasteiger partial charge in [-0.15, -0.1) is 0 Å². The van der Waals surface area contributed by atoms with Gasteiger partial charge in [-0.2, -0.15) is 0 Å². The van der Waals surface area contributed by atoms with Crippen molar-refractivity contribution in [3.05, 3.63) is 35.4 Å². The van der Waals surface area contributed by atoms with E-state index in [2.05, 4.69) is 26.8 Å². The molecule has 0 saturated heterocycles. The van der Waals surface area contributed by atoms with Gasteiger partial charge in [-0.05, 0) is 29.9 Å². The number of hydrogen-bond donors (Lipinski definition) is 1. The van der Waals surface area contributed by atoms with E-state index in [4.69, 9.17) is 5.73 Å². The third-order valence-electron chi connectivity index (χ3n) is 3.94. The lowest BCUT2D eigenvalue weighted by atomic mass is 9.87. The Balaban J connectivity index is 2.18. The maximum absolute atomic E-state index is 12.6. The average molecular weight is 260 g/mol. The molecule has 1 unspecified atom stereocenters. The zero-order valence-corrected chi connectivity index (χ0v) is 12.1. The van der Waals surface area contributed by atoms with E-state index in [9.17, 15) is 4.79 Å². The number of hydrogen-bond acceptors (Lipinski definition) is 2. The highest BCUT2D eigenvalue weighted by Crippen LogP contribution is 2.22. The summed E-state index contributed by atoms with van der Waals surface area (Å²) in [5.41, 5.74) is 8.26. The molecule has 0 bridgehead atoms. The van der Waals surface area contributed by atoms with Crippen LogP contribution in [0.15, 0.2) is 24.3 Å². The van der Waals surface area contributed by atoms with Crippen molar-refractivity contribution in [3.8, 4) is 0 Å².